The molecule has 28 heavy (non-hydrogen) atoms. The summed E-state index contributed by atoms with van der Waals surface area (Å²) in [5.41, 5.74) is 1.75. The summed E-state index contributed by atoms with van der Waals surface area (Å²) in [5, 5.41) is 5.49. The van der Waals surface area contributed by atoms with Crippen LogP contribution in [0.5, 0.6) is 5.75 Å². The van der Waals surface area contributed by atoms with Gasteiger partial charge in [-0.15, -0.1) is 0 Å². The van der Waals surface area contributed by atoms with Crippen molar-refractivity contribution in [3.05, 3.63) is 59.7 Å². The smallest absolute Gasteiger partial charge is 0.387 e. The highest BCUT2D eigenvalue weighted by molar-refractivity contribution is 6.01. The highest BCUT2D eigenvalue weighted by Gasteiger charge is 2.23. The summed E-state index contributed by atoms with van der Waals surface area (Å²) < 4.78 is 28.7. The van der Waals surface area contributed by atoms with Gasteiger partial charge < -0.3 is 15.4 Å². The van der Waals surface area contributed by atoms with E-state index in [0.717, 1.165) is 5.56 Å². The predicted molar refractivity (Wildman–Crippen MR) is 104 cm³/mol. The summed E-state index contributed by atoms with van der Waals surface area (Å²) in [6.45, 7) is 2.83. The van der Waals surface area contributed by atoms with E-state index in [4.69, 9.17) is 0 Å². The second kappa shape index (κ2) is 9.82. The Labute approximate surface area is 163 Å². The van der Waals surface area contributed by atoms with Crippen LogP contribution in [0.3, 0.4) is 0 Å². The number of carbonyl (C=O) groups is 2. The number of carbonyl (C=O) groups excluding carboxylic acids is 2. The van der Waals surface area contributed by atoms with Gasteiger partial charge in [0.1, 0.15) is 11.8 Å². The summed E-state index contributed by atoms with van der Waals surface area (Å²) in [6.07, 6.45) is 0.454. The number of rotatable bonds is 8. The largest absolute Gasteiger partial charge is 0.435 e. The van der Waals surface area contributed by atoms with E-state index in [-0.39, 0.29) is 23.5 Å². The van der Waals surface area contributed by atoms with Gasteiger partial charge in [0.15, 0.2) is 0 Å². The second-order valence-electron chi connectivity index (χ2n) is 6.86. The van der Waals surface area contributed by atoms with Crippen molar-refractivity contribution < 1.29 is 23.1 Å². The first kappa shape index (κ1) is 21.3. The predicted octanol–water partition coefficient (Wildman–Crippen LogP) is 4.38. The van der Waals surface area contributed by atoms with Gasteiger partial charge in [-0.2, -0.15) is 8.78 Å². The first-order valence-electron chi connectivity index (χ1n) is 8.98. The molecule has 7 heteroatoms. The molecule has 5 nitrogen and oxygen atoms in total. The SMILES string of the molecule is Cc1ccccc1C(=O)NC(CC(C)C)C(=O)Nc1ccc(OC(F)F)cc1. The quantitative estimate of drug-likeness (QED) is 0.703. The Kier molecular flexibility index (Phi) is 7.49. The number of anilines is 1. The Morgan fingerprint density at radius 2 is 1.68 bits per heavy atom. The van der Waals surface area contributed by atoms with Gasteiger partial charge in [-0.3, -0.25) is 9.59 Å². The van der Waals surface area contributed by atoms with Crippen LogP contribution in [0.2, 0.25) is 0 Å². The van der Waals surface area contributed by atoms with Gasteiger partial charge >= 0.3 is 6.61 Å². The molecule has 1 atom stereocenters. The topological polar surface area (TPSA) is 67.4 Å². The number of ether oxygens (including phenoxy) is 1. The van der Waals surface area contributed by atoms with Gasteiger partial charge in [0.25, 0.3) is 5.91 Å². The molecule has 2 N–H and O–H groups in total. The molecule has 0 radical (unpaired) electrons. The summed E-state index contributed by atoms with van der Waals surface area (Å²) in [5.74, 6) is -0.521. The Bertz CT molecular complexity index is 808. The van der Waals surface area contributed by atoms with E-state index >= 15 is 0 Å². The van der Waals surface area contributed by atoms with Crippen LogP contribution in [0.4, 0.5) is 14.5 Å². The molecule has 1 unspecified atom stereocenters. The number of benzene rings is 2. The Hall–Kier alpha value is -2.96. The van der Waals surface area contributed by atoms with Crippen molar-refractivity contribution in [3.63, 3.8) is 0 Å². The molecule has 2 aromatic carbocycles. The number of halogens is 2. The summed E-state index contributed by atoms with van der Waals surface area (Å²) in [6, 6.07) is 12.0. The third-order valence-corrected chi connectivity index (χ3v) is 4.07. The van der Waals surface area contributed by atoms with E-state index in [0.29, 0.717) is 17.7 Å². The zero-order valence-electron chi connectivity index (χ0n) is 16.0. The molecule has 150 valence electrons. The molecule has 2 aromatic rings. The van der Waals surface area contributed by atoms with Crippen molar-refractivity contribution in [3.8, 4) is 5.75 Å². The van der Waals surface area contributed by atoms with Gasteiger partial charge in [0.2, 0.25) is 5.91 Å². The summed E-state index contributed by atoms with van der Waals surface area (Å²) in [4.78, 5) is 25.3. The molecule has 0 aliphatic carbocycles. The van der Waals surface area contributed by atoms with Crippen LogP contribution < -0.4 is 15.4 Å². The second-order valence-corrected chi connectivity index (χ2v) is 6.86. The van der Waals surface area contributed by atoms with Crippen LogP contribution in [-0.4, -0.2) is 24.5 Å². The van der Waals surface area contributed by atoms with E-state index in [9.17, 15) is 18.4 Å². The van der Waals surface area contributed by atoms with Gasteiger partial charge in [0.05, 0.1) is 0 Å². The molecule has 0 aliphatic rings. The number of hydrogen-bond donors (Lipinski definition) is 2. The zero-order valence-corrected chi connectivity index (χ0v) is 16.0. The lowest BCUT2D eigenvalue weighted by Gasteiger charge is -2.21. The lowest BCUT2D eigenvalue weighted by atomic mass is 10.0. The third kappa shape index (κ3) is 6.33. The van der Waals surface area contributed by atoms with Gasteiger partial charge in [-0.1, -0.05) is 32.0 Å². The standard InChI is InChI=1S/C21H24F2N2O3/c1-13(2)12-18(25-19(26)17-7-5-4-6-14(17)3)20(27)24-15-8-10-16(11-9-15)28-21(22)23/h4-11,13,18,21H,12H2,1-3H3,(H,24,27)(H,25,26). The maximum Gasteiger partial charge on any atom is 0.387 e. The Balaban J connectivity index is 2.08. The van der Waals surface area contributed by atoms with Gasteiger partial charge in [-0.25, -0.2) is 0 Å². The van der Waals surface area contributed by atoms with Crippen LogP contribution in [0.25, 0.3) is 0 Å². The first-order valence-corrected chi connectivity index (χ1v) is 8.98. The van der Waals surface area contributed by atoms with E-state index < -0.39 is 12.7 Å². The van der Waals surface area contributed by atoms with Crippen molar-refractivity contribution >= 4 is 17.5 Å². The molecule has 0 aromatic heterocycles. The first-order chi connectivity index (χ1) is 13.3. The number of nitrogens with one attached hydrogen (secondary N) is 2. The Morgan fingerprint density at radius 3 is 2.25 bits per heavy atom. The molecule has 0 spiro atoms. The van der Waals surface area contributed by atoms with E-state index in [1.54, 1.807) is 12.1 Å². The van der Waals surface area contributed by atoms with Crippen LogP contribution in [-0.2, 0) is 4.79 Å². The molecule has 0 aliphatic heterocycles. The van der Waals surface area contributed by atoms with Crippen LogP contribution >= 0.6 is 0 Å². The average molecular weight is 390 g/mol. The normalized spacial score (nSPS) is 12.0. The fourth-order valence-electron chi connectivity index (χ4n) is 2.72. The van der Waals surface area contributed by atoms with Crippen LogP contribution in [0.1, 0.15) is 36.2 Å². The number of aryl methyl sites for hydroxylation is 1. The van der Waals surface area contributed by atoms with Crippen molar-refractivity contribution in [1.29, 1.82) is 0 Å². The number of alkyl halides is 2. The van der Waals surface area contributed by atoms with Crippen LogP contribution in [0.15, 0.2) is 48.5 Å². The van der Waals surface area contributed by atoms with Gasteiger partial charge in [-0.05, 0) is 55.2 Å². The molecule has 0 saturated carbocycles. The third-order valence-electron chi connectivity index (χ3n) is 4.07. The lowest BCUT2D eigenvalue weighted by Crippen LogP contribution is -2.44. The van der Waals surface area contributed by atoms with E-state index in [1.165, 1.54) is 24.3 Å². The summed E-state index contributed by atoms with van der Waals surface area (Å²) in [7, 11) is 0. The molecule has 2 amide bonds. The maximum absolute atomic E-state index is 12.7. The zero-order chi connectivity index (χ0) is 20.7. The minimum atomic E-state index is -2.91. The fourth-order valence-corrected chi connectivity index (χ4v) is 2.72. The van der Waals surface area contributed by atoms with Gasteiger partial charge in [0, 0.05) is 11.3 Å². The fraction of sp³-hybridized carbons (Fsp3) is 0.333. The monoisotopic (exact) mass is 390 g/mol. The minimum Gasteiger partial charge on any atom is -0.435 e. The van der Waals surface area contributed by atoms with Crippen molar-refractivity contribution in [1.82, 2.24) is 5.32 Å². The highest BCUT2D eigenvalue weighted by atomic mass is 19.3. The molecule has 2 rings (SSSR count). The summed E-state index contributed by atoms with van der Waals surface area (Å²) >= 11 is 0. The van der Waals surface area contributed by atoms with Crippen molar-refractivity contribution in [2.45, 2.75) is 39.8 Å². The molecular weight excluding hydrogens is 366 g/mol. The van der Waals surface area contributed by atoms with Crippen LogP contribution in [0, 0.1) is 12.8 Å². The molecule has 0 fully saturated rings. The molecule has 0 bridgehead atoms. The number of hydrogen-bond acceptors (Lipinski definition) is 3. The highest BCUT2D eigenvalue weighted by Crippen LogP contribution is 2.18. The number of amides is 2. The van der Waals surface area contributed by atoms with Crippen molar-refractivity contribution in [2.75, 3.05) is 5.32 Å². The minimum absolute atomic E-state index is 0.000384. The van der Waals surface area contributed by atoms with E-state index in [2.05, 4.69) is 15.4 Å². The average Bonchev–Trinajstić information content (AvgIpc) is 2.62. The lowest BCUT2D eigenvalue weighted by molar-refractivity contribution is -0.118. The molecule has 0 heterocycles. The maximum atomic E-state index is 12.7. The molecule has 0 saturated heterocycles. The van der Waals surface area contributed by atoms with Crippen molar-refractivity contribution in [2.24, 2.45) is 5.92 Å². The Morgan fingerprint density at radius 1 is 1.04 bits per heavy atom. The molecular formula is C21H24F2N2O3. The van der Waals surface area contributed by atoms with E-state index in [1.807, 2.05) is 32.9 Å².